The summed E-state index contributed by atoms with van der Waals surface area (Å²) in [6.45, 7) is 2.76. The van der Waals surface area contributed by atoms with Crippen molar-refractivity contribution < 1.29 is 4.74 Å². The highest BCUT2D eigenvalue weighted by atomic mass is 35.5. The third-order valence-corrected chi connectivity index (χ3v) is 3.12. The molecule has 0 aliphatic heterocycles. The second kappa shape index (κ2) is 6.83. The maximum atomic E-state index is 8.51. The van der Waals surface area contributed by atoms with Gasteiger partial charge >= 0.3 is 0 Å². The van der Waals surface area contributed by atoms with Gasteiger partial charge in [0.1, 0.15) is 11.8 Å². The van der Waals surface area contributed by atoms with E-state index in [1.807, 2.05) is 55.5 Å². The minimum atomic E-state index is 0.0598. The molecule has 0 unspecified atom stereocenters. The van der Waals surface area contributed by atoms with Gasteiger partial charge in [-0.05, 0) is 42.3 Å². The first-order valence-corrected chi connectivity index (χ1v) is 6.65. The van der Waals surface area contributed by atoms with Crippen LogP contribution in [0.15, 0.2) is 42.5 Å². The van der Waals surface area contributed by atoms with Crippen LogP contribution in [0.5, 0.6) is 5.75 Å². The topological polar surface area (TPSA) is 45.0 Å². The van der Waals surface area contributed by atoms with E-state index in [0.29, 0.717) is 17.3 Å². The smallest absolute Gasteiger partial charge is 0.174 e. The van der Waals surface area contributed by atoms with Gasteiger partial charge in [0.25, 0.3) is 0 Å². The second-order valence-corrected chi connectivity index (χ2v) is 4.84. The average Bonchev–Trinajstić information content (AvgIpc) is 2.46. The number of hydrogen-bond donors (Lipinski definition) is 1. The first-order valence-electron chi connectivity index (χ1n) is 6.28. The van der Waals surface area contributed by atoms with Gasteiger partial charge < -0.3 is 10.1 Å². The summed E-state index contributed by atoms with van der Waals surface area (Å²) in [4.78, 5) is 0. The highest BCUT2D eigenvalue weighted by Gasteiger charge is 2.01. The summed E-state index contributed by atoms with van der Waals surface area (Å²) in [5, 5.41) is 12.6. The van der Waals surface area contributed by atoms with Crippen molar-refractivity contribution in [3.05, 3.63) is 58.6 Å². The fourth-order valence-electron chi connectivity index (χ4n) is 1.84. The van der Waals surface area contributed by atoms with Crippen LogP contribution >= 0.6 is 11.6 Å². The van der Waals surface area contributed by atoms with E-state index in [4.69, 9.17) is 21.6 Å². The fourth-order valence-corrected chi connectivity index (χ4v) is 2.01. The van der Waals surface area contributed by atoms with Gasteiger partial charge in [-0.25, -0.2) is 0 Å². The van der Waals surface area contributed by atoms with Crippen molar-refractivity contribution in [1.29, 1.82) is 5.26 Å². The normalized spacial score (nSPS) is 9.85. The van der Waals surface area contributed by atoms with E-state index in [9.17, 15) is 0 Å². The molecule has 2 aromatic rings. The van der Waals surface area contributed by atoms with E-state index in [-0.39, 0.29) is 6.61 Å². The lowest BCUT2D eigenvalue weighted by Gasteiger charge is -2.11. The summed E-state index contributed by atoms with van der Waals surface area (Å²) in [7, 11) is 0. The van der Waals surface area contributed by atoms with Crippen molar-refractivity contribution in [1.82, 2.24) is 0 Å². The Morgan fingerprint density at radius 3 is 2.90 bits per heavy atom. The number of aryl methyl sites for hydroxylation is 1. The van der Waals surface area contributed by atoms with Crippen LogP contribution in [0.2, 0.25) is 5.02 Å². The molecule has 2 rings (SSSR count). The molecule has 20 heavy (non-hydrogen) atoms. The van der Waals surface area contributed by atoms with Crippen molar-refractivity contribution in [3.63, 3.8) is 0 Å². The monoisotopic (exact) mass is 286 g/mol. The first kappa shape index (κ1) is 14.2. The van der Waals surface area contributed by atoms with E-state index in [0.717, 1.165) is 16.8 Å². The predicted molar refractivity (Wildman–Crippen MR) is 81.1 cm³/mol. The lowest BCUT2D eigenvalue weighted by atomic mass is 10.1. The molecule has 0 fully saturated rings. The van der Waals surface area contributed by atoms with Gasteiger partial charge in [-0.15, -0.1) is 0 Å². The highest BCUT2D eigenvalue weighted by molar-refractivity contribution is 6.30. The minimum absolute atomic E-state index is 0.0598. The Morgan fingerprint density at radius 2 is 2.10 bits per heavy atom. The quantitative estimate of drug-likeness (QED) is 0.897. The van der Waals surface area contributed by atoms with Crippen LogP contribution in [0.25, 0.3) is 0 Å². The van der Waals surface area contributed by atoms with E-state index in [1.54, 1.807) is 0 Å². The van der Waals surface area contributed by atoms with Crippen LogP contribution < -0.4 is 10.1 Å². The lowest BCUT2D eigenvalue weighted by molar-refractivity contribution is 0.368. The number of nitrogens with zero attached hydrogens (tertiary/aromatic N) is 1. The Hall–Kier alpha value is -2.18. The van der Waals surface area contributed by atoms with E-state index >= 15 is 0 Å². The van der Waals surface area contributed by atoms with Crippen LogP contribution in [-0.4, -0.2) is 6.61 Å². The molecule has 0 heterocycles. The Bertz CT molecular complexity index is 635. The van der Waals surface area contributed by atoms with Crippen molar-refractivity contribution in [2.75, 3.05) is 11.9 Å². The predicted octanol–water partition coefficient (Wildman–Crippen LogP) is 4.16. The Kier molecular flexibility index (Phi) is 4.86. The fraction of sp³-hybridized carbons (Fsp3) is 0.188. The van der Waals surface area contributed by atoms with Gasteiger partial charge in [0.05, 0.1) is 0 Å². The van der Waals surface area contributed by atoms with Gasteiger partial charge in [0, 0.05) is 17.3 Å². The zero-order valence-corrected chi connectivity index (χ0v) is 11.9. The molecular weight excluding hydrogens is 272 g/mol. The summed E-state index contributed by atoms with van der Waals surface area (Å²) < 4.78 is 5.28. The van der Waals surface area contributed by atoms with Crippen LogP contribution in [-0.2, 0) is 6.54 Å². The van der Waals surface area contributed by atoms with E-state index < -0.39 is 0 Å². The molecule has 3 nitrogen and oxygen atoms in total. The van der Waals surface area contributed by atoms with Crippen molar-refractivity contribution in [2.24, 2.45) is 0 Å². The number of halogens is 1. The Balaban J connectivity index is 2.03. The summed E-state index contributed by atoms with van der Waals surface area (Å²) in [6.07, 6.45) is 0. The summed E-state index contributed by atoms with van der Waals surface area (Å²) in [6, 6.07) is 15.4. The molecule has 0 aliphatic rings. The van der Waals surface area contributed by atoms with Gasteiger partial charge in [-0.3, -0.25) is 0 Å². The Labute approximate surface area is 123 Å². The zero-order valence-electron chi connectivity index (χ0n) is 11.2. The molecule has 102 valence electrons. The van der Waals surface area contributed by atoms with Crippen LogP contribution in [0, 0.1) is 18.3 Å². The number of anilines is 1. The van der Waals surface area contributed by atoms with Crippen molar-refractivity contribution in [2.45, 2.75) is 13.5 Å². The molecule has 2 aromatic carbocycles. The summed E-state index contributed by atoms with van der Waals surface area (Å²) in [5.74, 6) is 0.702. The third-order valence-electron chi connectivity index (χ3n) is 2.88. The molecule has 1 N–H and O–H groups in total. The number of benzene rings is 2. The lowest BCUT2D eigenvalue weighted by Crippen LogP contribution is -2.01. The molecule has 0 aromatic heterocycles. The highest BCUT2D eigenvalue weighted by Crippen LogP contribution is 2.21. The van der Waals surface area contributed by atoms with Gasteiger partial charge in [-0.2, -0.15) is 5.26 Å². The molecule has 0 saturated heterocycles. The number of hydrogen-bond acceptors (Lipinski definition) is 3. The van der Waals surface area contributed by atoms with Gasteiger partial charge in [0.2, 0.25) is 0 Å². The van der Waals surface area contributed by atoms with Crippen LogP contribution in [0.4, 0.5) is 5.69 Å². The number of ether oxygens (including phenoxy) is 1. The number of nitriles is 1. The molecule has 0 saturated carbocycles. The van der Waals surface area contributed by atoms with Crippen molar-refractivity contribution >= 4 is 17.3 Å². The van der Waals surface area contributed by atoms with Crippen LogP contribution in [0.1, 0.15) is 11.1 Å². The van der Waals surface area contributed by atoms with Gasteiger partial charge in [0.15, 0.2) is 6.61 Å². The molecular formula is C16H15ClN2O. The van der Waals surface area contributed by atoms with E-state index in [1.165, 1.54) is 0 Å². The zero-order chi connectivity index (χ0) is 14.4. The third kappa shape index (κ3) is 3.91. The molecule has 0 amide bonds. The SMILES string of the molecule is Cc1ccc(Cl)cc1NCc1cccc(OCC#N)c1. The molecule has 0 spiro atoms. The van der Waals surface area contributed by atoms with Crippen molar-refractivity contribution in [3.8, 4) is 11.8 Å². The molecule has 0 radical (unpaired) electrons. The molecule has 0 aliphatic carbocycles. The molecule has 0 atom stereocenters. The molecule has 0 bridgehead atoms. The Morgan fingerprint density at radius 1 is 1.25 bits per heavy atom. The molecule has 4 heteroatoms. The number of rotatable bonds is 5. The maximum Gasteiger partial charge on any atom is 0.174 e. The first-order chi connectivity index (χ1) is 9.69. The summed E-state index contributed by atoms with van der Waals surface area (Å²) in [5.41, 5.74) is 3.24. The number of nitrogens with one attached hydrogen (secondary N) is 1. The average molecular weight is 287 g/mol. The standard InChI is InChI=1S/C16H15ClN2O/c1-12-5-6-14(17)10-16(12)19-11-13-3-2-4-15(9-13)20-8-7-18/h2-6,9-10,19H,8,11H2,1H3. The second-order valence-electron chi connectivity index (χ2n) is 4.41. The maximum absolute atomic E-state index is 8.51. The van der Waals surface area contributed by atoms with Gasteiger partial charge in [-0.1, -0.05) is 29.8 Å². The minimum Gasteiger partial charge on any atom is -0.479 e. The summed E-state index contributed by atoms with van der Waals surface area (Å²) >= 11 is 5.99. The van der Waals surface area contributed by atoms with Crippen LogP contribution in [0.3, 0.4) is 0 Å². The largest absolute Gasteiger partial charge is 0.479 e. The van der Waals surface area contributed by atoms with E-state index in [2.05, 4.69) is 5.32 Å².